The number of rotatable bonds is 6. The third-order valence-electron chi connectivity index (χ3n) is 5.67. The van der Waals surface area contributed by atoms with Crippen LogP contribution in [0.25, 0.3) is 0 Å². The van der Waals surface area contributed by atoms with Gasteiger partial charge in [-0.05, 0) is 51.0 Å². The van der Waals surface area contributed by atoms with Crippen LogP contribution < -0.4 is 5.32 Å². The van der Waals surface area contributed by atoms with Crippen LogP contribution in [0.1, 0.15) is 50.9 Å². The Hall–Kier alpha value is -0.540. The monoisotopic (exact) mass is 309 g/mol. The summed E-state index contributed by atoms with van der Waals surface area (Å²) >= 11 is 6.58. The molecule has 0 saturated heterocycles. The normalized spacial score (nSPS) is 29.2. The predicted octanol–water partition coefficient (Wildman–Crippen LogP) is 3.69. The molecule has 0 amide bonds. The highest BCUT2D eigenvalue weighted by Gasteiger charge is 2.53. The second-order valence-corrected chi connectivity index (χ2v) is 7.04. The number of nitrogens with one attached hydrogen (secondary N) is 1. The first-order valence-electron chi connectivity index (χ1n) is 8.62. The van der Waals surface area contributed by atoms with Crippen LogP contribution in [0.4, 0.5) is 0 Å². The van der Waals surface area contributed by atoms with E-state index in [0.717, 1.165) is 47.9 Å². The van der Waals surface area contributed by atoms with Gasteiger partial charge in [0.1, 0.15) is 0 Å². The maximum Gasteiger partial charge on any atom is 0.0850 e. The van der Waals surface area contributed by atoms with E-state index < -0.39 is 0 Å². The highest BCUT2D eigenvalue weighted by molar-refractivity contribution is 6.31. The quantitative estimate of drug-likeness (QED) is 0.868. The molecule has 0 radical (unpaired) electrons. The van der Waals surface area contributed by atoms with Gasteiger partial charge in [0, 0.05) is 19.0 Å². The number of likely N-dealkylation sites (N-methyl/N-ethyl adjacent to an activating group) is 1. The first kappa shape index (κ1) is 15.4. The van der Waals surface area contributed by atoms with Crippen LogP contribution in [0.2, 0.25) is 5.02 Å². The molecule has 3 atom stereocenters. The molecule has 2 saturated carbocycles. The Morgan fingerprint density at radius 3 is 2.48 bits per heavy atom. The van der Waals surface area contributed by atoms with Crippen molar-refractivity contribution in [3.05, 3.63) is 16.4 Å². The molecular weight excluding hydrogens is 282 g/mol. The first-order valence-corrected chi connectivity index (χ1v) is 9.00. The van der Waals surface area contributed by atoms with E-state index in [1.54, 1.807) is 0 Å². The summed E-state index contributed by atoms with van der Waals surface area (Å²) in [6, 6.07) is 0.558. The smallest absolute Gasteiger partial charge is 0.0850 e. The topological polar surface area (TPSA) is 29.9 Å². The Bertz CT molecular complexity index is 484. The largest absolute Gasteiger partial charge is 0.316 e. The maximum absolute atomic E-state index is 6.58. The van der Waals surface area contributed by atoms with Crippen molar-refractivity contribution in [3.8, 4) is 0 Å². The van der Waals surface area contributed by atoms with Gasteiger partial charge in [-0.1, -0.05) is 31.4 Å². The average molecular weight is 310 g/mol. The summed E-state index contributed by atoms with van der Waals surface area (Å²) in [6.45, 7) is 5.18. The molecule has 0 aromatic carbocycles. The van der Waals surface area contributed by atoms with E-state index in [4.69, 9.17) is 11.6 Å². The fourth-order valence-electron chi connectivity index (χ4n) is 4.50. The lowest BCUT2D eigenvalue weighted by atomic mass is 10.0. The molecule has 2 aliphatic rings. The molecule has 0 spiro atoms. The minimum Gasteiger partial charge on any atom is -0.316 e. The standard InChI is InChI=1S/C17H28ClN3/c1-4-13-17(18)15(21(5-2)20-13)10-14(19-3)16-11-8-6-7-9-12(11)16/h11-12,14,16,19H,4-10H2,1-3H3. The van der Waals surface area contributed by atoms with Crippen LogP contribution in [0.15, 0.2) is 0 Å². The number of hydrogen-bond donors (Lipinski definition) is 1. The summed E-state index contributed by atoms with van der Waals surface area (Å²) in [7, 11) is 2.11. The number of halogens is 1. The zero-order chi connectivity index (χ0) is 15.0. The Kier molecular flexibility index (Phi) is 4.60. The van der Waals surface area contributed by atoms with Crippen LogP contribution in [0, 0.1) is 17.8 Å². The van der Waals surface area contributed by atoms with Gasteiger partial charge in [-0.2, -0.15) is 5.10 Å². The van der Waals surface area contributed by atoms with E-state index in [1.165, 1.54) is 31.4 Å². The molecule has 1 N–H and O–H groups in total. The number of nitrogens with zero attached hydrogens (tertiary/aromatic N) is 2. The predicted molar refractivity (Wildman–Crippen MR) is 87.8 cm³/mol. The zero-order valence-electron chi connectivity index (χ0n) is 13.5. The molecule has 0 aliphatic heterocycles. The molecule has 1 aromatic rings. The molecule has 2 aliphatic carbocycles. The molecule has 118 valence electrons. The van der Waals surface area contributed by atoms with Crippen molar-refractivity contribution in [2.24, 2.45) is 17.8 Å². The van der Waals surface area contributed by atoms with Crippen molar-refractivity contribution in [3.63, 3.8) is 0 Å². The molecule has 0 bridgehead atoms. The molecular formula is C17H28ClN3. The van der Waals surface area contributed by atoms with Crippen molar-refractivity contribution in [2.45, 2.75) is 65.0 Å². The van der Waals surface area contributed by atoms with E-state index >= 15 is 0 Å². The number of fused-ring (bicyclic) bond motifs is 1. The van der Waals surface area contributed by atoms with Crippen LogP contribution in [-0.2, 0) is 19.4 Å². The summed E-state index contributed by atoms with van der Waals surface area (Å²) in [5, 5.41) is 9.14. The highest BCUT2D eigenvalue weighted by Crippen LogP contribution is 2.57. The van der Waals surface area contributed by atoms with Gasteiger partial charge >= 0.3 is 0 Å². The van der Waals surface area contributed by atoms with E-state index in [2.05, 4.69) is 36.0 Å². The summed E-state index contributed by atoms with van der Waals surface area (Å²) in [6.07, 6.45) is 7.68. The molecule has 3 rings (SSSR count). The lowest BCUT2D eigenvalue weighted by Crippen LogP contribution is -2.32. The van der Waals surface area contributed by atoms with Gasteiger partial charge in [0.05, 0.1) is 16.4 Å². The minimum absolute atomic E-state index is 0.558. The summed E-state index contributed by atoms with van der Waals surface area (Å²) < 4.78 is 2.11. The van der Waals surface area contributed by atoms with Gasteiger partial charge in [-0.25, -0.2) is 0 Å². The van der Waals surface area contributed by atoms with Crippen molar-refractivity contribution < 1.29 is 0 Å². The van der Waals surface area contributed by atoms with Crippen molar-refractivity contribution >= 4 is 11.6 Å². The fraction of sp³-hybridized carbons (Fsp3) is 0.824. The molecule has 3 nitrogen and oxygen atoms in total. The van der Waals surface area contributed by atoms with E-state index in [0.29, 0.717) is 6.04 Å². The van der Waals surface area contributed by atoms with Gasteiger partial charge in [0.25, 0.3) is 0 Å². The number of hydrogen-bond acceptors (Lipinski definition) is 2. The van der Waals surface area contributed by atoms with E-state index in [9.17, 15) is 0 Å². The number of aryl methyl sites for hydroxylation is 2. The van der Waals surface area contributed by atoms with Crippen LogP contribution >= 0.6 is 11.6 Å². The second-order valence-electron chi connectivity index (χ2n) is 6.67. The first-order chi connectivity index (χ1) is 10.2. The van der Waals surface area contributed by atoms with Crippen LogP contribution in [0.5, 0.6) is 0 Å². The van der Waals surface area contributed by atoms with Crippen molar-refractivity contribution in [2.75, 3.05) is 7.05 Å². The SMILES string of the molecule is CCc1nn(CC)c(CC(NC)C2C3CCCCC32)c1Cl. The Morgan fingerprint density at radius 1 is 1.29 bits per heavy atom. The van der Waals surface area contributed by atoms with Gasteiger partial charge in [-0.15, -0.1) is 0 Å². The van der Waals surface area contributed by atoms with E-state index in [1.807, 2.05) is 0 Å². The Morgan fingerprint density at radius 2 is 1.95 bits per heavy atom. The third kappa shape index (κ3) is 2.75. The summed E-state index contributed by atoms with van der Waals surface area (Å²) in [5.74, 6) is 2.80. The highest BCUT2D eigenvalue weighted by atomic mass is 35.5. The zero-order valence-corrected chi connectivity index (χ0v) is 14.3. The molecule has 4 heteroatoms. The van der Waals surface area contributed by atoms with Gasteiger partial charge in [0.15, 0.2) is 0 Å². The second kappa shape index (κ2) is 6.29. The molecule has 21 heavy (non-hydrogen) atoms. The Labute approximate surface area is 133 Å². The Balaban J connectivity index is 1.77. The van der Waals surface area contributed by atoms with Gasteiger partial charge in [-0.3, -0.25) is 4.68 Å². The maximum atomic E-state index is 6.58. The van der Waals surface area contributed by atoms with Crippen molar-refractivity contribution in [1.29, 1.82) is 0 Å². The third-order valence-corrected chi connectivity index (χ3v) is 6.10. The average Bonchev–Trinajstić information content (AvgIpc) is 3.16. The molecule has 1 aromatic heterocycles. The molecule has 3 unspecified atom stereocenters. The molecule has 2 fully saturated rings. The van der Waals surface area contributed by atoms with Crippen LogP contribution in [0.3, 0.4) is 0 Å². The fourth-order valence-corrected chi connectivity index (χ4v) is 4.84. The lowest BCUT2D eigenvalue weighted by molar-refractivity contribution is 0.444. The van der Waals surface area contributed by atoms with Crippen LogP contribution in [-0.4, -0.2) is 22.9 Å². The van der Waals surface area contributed by atoms with Crippen molar-refractivity contribution in [1.82, 2.24) is 15.1 Å². The summed E-state index contributed by atoms with van der Waals surface area (Å²) in [5.41, 5.74) is 2.29. The number of aromatic nitrogens is 2. The van der Waals surface area contributed by atoms with Gasteiger partial charge < -0.3 is 5.32 Å². The lowest BCUT2D eigenvalue weighted by Gasteiger charge is -2.17. The van der Waals surface area contributed by atoms with E-state index in [-0.39, 0.29) is 0 Å². The molecule has 1 heterocycles. The van der Waals surface area contributed by atoms with Gasteiger partial charge in [0.2, 0.25) is 0 Å². The summed E-state index contributed by atoms with van der Waals surface area (Å²) in [4.78, 5) is 0. The minimum atomic E-state index is 0.558.